The van der Waals surface area contributed by atoms with Gasteiger partial charge in [-0.25, -0.2) is 9.59 Å². The van der Waals surface area contributed by atoms with Gasteiger partial charge in [0.25, 0.3) is 0 Å². The molecule has 0 unspecified atom stereocenters. The average Bonchev–Trinajstić information content (AvgIpc) is 2.92. The number of anilines is 1. The highest BCUT2D eigenvalue weighted by Crippen LogP contribution is 2.25. The van der Waals surface area contributed by atoms with E-state index in [1.165, 1.54) is 10.1 Å². The third-order valence-electron chi connectivity index (χ3n) is 8.09. The van der Waals surface area contributed by atoms with Crippen LogP contribution in [0.25, 0.3) is 5.69 Å². The number of aryl methyl sites for hydroxylation is 1. The minimum Gasteiger partial charge on any atom is -0.338 e. The molecule has 0 spiro atoms. The molecule has 11 nitrogen and oxygen atoms in total. The molecular formula is C29H44N8O3. The van der Waals surface area contributed by atoms with Gasteiger partial charge in [-0.15, -0.1) is 0 Å². The summed E-state index contributed by atoms with van der Waals surface area (Å²) in [6.07, 6.45) is 6.06. The molecule has 218 valence electrons. The van der Waals surface area contributed by atoms with E-state index >= 15 is 0 Å². The van der Waals surface area contributed by atoms with Gasteiger partial charge in [0.1, 0.15) is 5.82 Å². The molecule has 4 rings (SSSR count). The van der Waals surface area contributed by atoms with Crippen molar-refractivity contribution in [1.29, 1.82) is 0 Å². The van der Waals surface area contributed by atoms with Crippen LogP contribution < -0.4 is 22.5 Å². The number of urea groups is 1. The lowest BCUT2D eigenvalue weighted by atomic mass is 9.90. The summed E-state index contributed by atoms with van der Waals surface area (Å²) < 4.78 is 1.48. The number of hydrogen-bond acceptors (Lipinski definition) is 7. The summed E-state index contributed by atoms with van der Waals surface area (Å²) in [4.78, 5) is 47.9. The summed E-state index contributed by atoms with van der Waals surface area (Å²) in [7, 11) is 0. The number of nitrogens with zero attached hydrogens (tertiary/aromatic N) is 5. The molecule has 11 heteroatoms. The van der Waals surface area contributed by atoms with Crippen molar-refractivity contribution >= 4 is 17.8 Å². The average molecular weight is 553 g/mol. The predicted octanol–water partition coefficient (Wildman–Crippen LogP) is 2.05. The van der Waals surface area contributed by atoms with Crippen LogP contribution in [0.15, 0.2) is 35.3 Å². The van der Waals surface area contributed by atoms with Crippen molar-refractivity contribution in [2.75, 3.05) is 38.0 Å². The van der Waals surface area contributed by atoms with E-state index in [4.69, 9.17) is 11.5 Å². The van der Waals surface area contributed by atoms with E-state index in [0.717, 1.165) is 50.0 Å². The topological polar surface area (TPSA) is 143 Å². The molecule has 1 aliphatic carbocycles. The second-order valence-corrected chi connectivity index (χ2v) is 11.6. The number of amides is 3. The van der Waals surface area contributed by atoms with Gasteiger partial charge in [0, 0.05) is 51.0 Å². The summed E-state index contributed by atoms with van der Waals surface area (Å²) >= 11 is 0. The van der Waals surface area contributed by atoms with Crippen LogP contribution in [0.3, 0.4) is 0 Å². The Morgan fingerprint density at radius 3 is 2.30 bits per heavy atom. The minimum atomic E-state index is -0.947. The van der Waals surface area contributed by atoms with Crippen molar-refractivity contribution in [3.8, 4) is 5.69 Å². The fourth-order valence-electron chi connectivity index (χ4n) is 5.57. The highest BCUT2D eigenvalue weighted by atomic mass is 16.2. The Kier molecular flexibility index (Phi) is 9.27. The lowest BCUT2D eigenvalue weighted by Gasteiger charge is -2.37. The van der Waals surface area contributed by atoms with E-state index in [2.05, 4.69) is 35.1 Å². The zero-order valence-electron chi connectivity index (χ0n) is 24.2. The molecule has 2 fully saturated rings. The first-order chi connectivity index (χ1) is 19.0. The van der Waals surface area contributed by atoms with Crippen LogP contribution >= 0.6 is 0 Å². The van der Waals surface area contributed by atoms with Crippen LogP contribution in [0.1, 0.15) is 57.6 Å². The molecule has 1 aromatic carbocycles. The first-order valence-electron chi connectivity index (χ1n) is 14.3. The van der Waals surface area contributed by atoms with Crippen LogP contribution in [0.5, 0.6) is 0 Å². The molecule has 1 aliphatic heterocycles. The largest absolute Gasteiger partial charge is 0.354 e. The maximum Gasteiger partial charge on any atom is 0.354 e. The highest BCUT2D eigenvalue weighted by molar-refractivity contribution is 5.89. The Bertz CT molecular complexity index is 1250. The van der Waals surface area contributed by atoms with Gasteiger partial charge < -0.3 is 21.3 Å². The summed E-state index contributed by atoms with van der Waals surface area (Å²) in [5.41, 5.74) is 13.7. The quantitative estimate of drug-likeness (QED) is 0.477. The molecule has 1 saturated heterocycles. The first kappa shape index (κ1) is 29.7. The van der Waals surface area contributed by atoms with Crippen LogP contribution in [-0.2, 0) is 11.3 Å². The zero-order valence-corrected chi connectivity index (χ0v) is 24.2. The van der Waals surface area contributed by atoms with Crippen molar-refractivity contribution in [3.63, 3.8) is 0 Å². The van der Waals surface area contributed by atoms with Crippen molar-refractivity contribution in [1.82, 2.24) is 24.3 Å². The Labute approximate surface area is 236 Å². The number of rotatable bonds is 7. The SMILES string of the molecule is CCN(Cc1ccc(-n2ccc(NC(=O)N3CCN(C(=O)C(C)(C)N)CC3)nc2=O)cc1C)C1CCC(N)CC1. The lowest BCUT2D eigenvalue weighted by Crippen LogP contribution is -2.58. The van der Waals surface area contributed by atoms with E-state index in [1.807, 2.05) is 12.1 Å². The lowest BCUT2D eigenvalue weighted by molar-refractivity contribution is -0.137. The molecule has 3 amide bonds. The second kappa shape index (κ2) is 12.5. The molecule has 0 radical (unpaired) electrons. The Morgan fingerprint density at radius 1 is 1.07 bits per heavy atom. The van der Waals surface area contributed by atoms with Gasteiger partial charge >= 0.3 is 11.7 Å². The third-order valence-corrected chi connectivity index (χ3v) is 8.09. The van der Waals surface area contributed by atoms with Crippen molar-refractivity contribution in [2.45, 2.75) is 77.5 Å². The Balaban J connectivity index is 1.37. The highest BCUT2D eigenvalue weighted by Gasteiger charge is 2.31. The molecule has 0 atom stereocenters. The van der Waals surface area contributed by atoms with Crippen molar-refractivity contribution in [3.05, 3.63) is 52.1 Å². The zero-order chi connectivity index (χ0) is 29.0. The fourth-order valence-corrected chi connectivity index (χ4v) is 5.57. The number of aromatic nitrogens is 2. The molecule has 0 bridgehead atoms. The number of benzene rings is 1. The number of nitrogens with two attached hydrogens (primary N) is 2. The van der Waals surface area contributed by atoms with Gasteiger partial charge in [0.15, 0.2) is 0 Å². The second-order valence-electron chi connectivity index (χ2n) is 11.6. The number of carbonyl (C=O) groups is 2. The van der Waals surface area contributed by atoms with Crippen LogP contribution in [-0.4, -0.2) is 86.5 Å². The van der Waals surface area contributed by atoms with Gasteiger partial charge in [-0.3, -0.25) is 19.6 Å². The molecule has 1 aromatic heterocycles. The van der Waals surface area contributed by atoms with Gasteiger partial charge in [-0.1, -0.05) is 13.0 Å². The minimum absolute atomic E-state index is 0.141. The van der Waals surface area contributed by atoms with Crippen LogP contribution in [0, 0.1) is 6.92 Å². The van der Waals surface area contributed by atoms with Crippen LogP contribution in [0.4, 0.5) is 10.6 Å². The summed E-state index contributed by atoms with van der Waals surface area (Å²) in [5, 5.41) is 2.71. The Morgan fingerprint density at radius 2 is 1.73 bits per heavy atom. The summed E-state index contributed by atoms with van der Waals surface area (Å²) in [6, 6.07) is 8.18. The van der Waals surface area contributed by atoms with Crippen LogP contribution in [0.2, 0.25) is 0 Å². The molecule has 40 heavy (non-hydrogen) atoms. The first-order valence-corrected chi connectivity index (χ1v) is 14.3. The maximum atomic E-state index is 12.9. The summed E-state index contributed by atoms with van der Waals surface area (Å²) in [6.45, 7) is 11.0. The van der Waals surface area contributed by atoms with Crippen molar-refractivity contribution < 1.29 is 9.59 Å². The molecule has 1 saturated carbocycles. The van der Waals surface area contributed by atoms with Gasteiger partial charge in [0.2, 0.25) is 5.91 Å². The maximum absolute atomic E-state index is 12.9. The molecular weight excluding hydrogens is 508 g/mol. The van der Waals surface area contributed by atoms with E-state index in [1.54, 1.807) is 35.9 Å². The number of carbonyl (C=O) groups excluding carboxylic acids is 2. The predicted molar refractivity (Wildman–Crippen MR) is 156 cm³/mol. The van der Waals surface area contributed by atoms with E-state index < -0.39 is 11.2 Å². The third kappa shape index (κ3) is 7.07. The number of hydrogen-bond donors (Lipinski definition) is 3. The normalized spacial score (nSPS) is 20.1. The van der Waals surface area contributed by atoms with Crippen molar-refractivity contribution in [2.24, 2.45) is 11.5 Å². The molecule has 2 aliphatic rings. The molecule has 2 aromatic rings. The standard InChI is InChI=1S/C29H44N8O3/c1-5-34(23-10-7-22(30)8-11-23)19-21-6-9-24(18-20(21)2)37-13-12-25(33-28(37)40)32-27(39)36-16-14-35(15-17-36)26(38)29(3,4)31/h6,9,12-13,18,22-23H,5,7-8,10-11,14-17,19,30-31H2,1-4H3,(H,32,33,39,40). The monoisotopic (exact) mass is 552 g/mol. The fraction of sp³-hybridized carbons (Fsp3) is 0.586. The Hall–Kier alpha value is -3.28. The molecule has 2 heterocycles. The van der Waals surface area contributed by atoms with E-state index in [0.29, 0.717) is 38.3 Å². The van der Waals surface area contributed by atoms with Gasteiger partial charge in [-0.05, 0) is 82.3 Å². The van der Waals surface area contributed by atoms with Gasteiger partial charge in [0.05, 0.1) is 11.2 Å². The summed E-state index contributed by atoms with van der Waals surface area (Å²) in [5.74, 6) is 0.0465. The van der Waals surface area contributed by atoms with E-state index in [-0.39, 0.29) is 17.8 Å². The number of piperazine rings is 1. The van der Waals surface area contributed by atoms with E-state index in [9.17, 15) is 14.4 Å². The number of nitrogens with one attached hydrogen (secondary N) is 1. The smallest absolute Gasteiger partial charge is 0.338 e. The van der Waals surface area contributed by atoms with Gasteiger partial charge in [-0.2, -0.15) is 4.98 Å². The molecule has 5 N–H and O–H groups in total.